The number of thiazole rings is 1. The van der Waals surface area contributed by atoms with Crippen LogP contribution in [0.4, 0.5) is 45.5 Å². The van der Waals surface area contributed by atoms with Gasteiger partial charge in [-0.1, -0.05) is 18.1 Å². The van der Waals surface area contributed by atoms with Crippen LogP contribution in [0.3, 0.4) is 0 Å². The second-order valence-electron chi connectivity index (χ2n) is 10.1. The van der Waals surface area contributed by atoms with Crippen molar-refractivity contribution in [1.29, 1.82) is 0 Å². The molecule has 46 heavy (non-hydrogen) atoms. The Kier molecular flexibility index (Phi) is 8.81. The van der Waals surface area contributed by atoms with Crippen LogP contribution in [0.25, 0.3) is 21.8 Å². The second-order valence-corrected chi connectivity index (χ2v) is 11.2. The summed E-state index contributed by atoms with van der Waals surface area (Å²) in [5.41, 5.74) is -3.15. The molecule has 7 nitrogen and oxygen atoms in total. The third-order valence-corrected chi connectivity index (χ3v) is 8.03. The van der Waals surface area contributed by atoms with E-state index in [1.807, 2.05) is 6.92 Å². The van der Waals surface area contributed by atoms with Gasteiger partial charge in [-0.25, -0.2) is 4.98 Å². The molecule has 5 rings (SSSR count). The predicted octanol–water partition coefficient (Wildman–Crippen LogP) is 8.22. The maximum atomic E-state index is 13.9. The van der Waals surface area contributed by atoms with Gasteiger partial charge in [0.25, 0.3) is 5.95 Å². The van der Waals surface area contributed by atoms with E-state index in [1.165, 1.54) is 24.5 Å². The minimum Gasteiger partial charge on any atom is -0.330 e. The Morgan fingerprint density at radius 2 is 1.50 bits per heavy atom. The summed E-state index contributed by atoms with van der Waals surface area (Å²) in [6.07, 6.45) is -11.3. The Morgan fingerprint density at radius 3 is 2.04 bits per heavy atom. The van der Waals surface area contributed by atoms with E-state index in [2.05, 4.69) is 20.4 Å². The fourth-order valence-electron chi connectivity index (χ4n) is 4.68. The van der Waals surface area contributed by atoms with E-state index in [-0.39, 0.29) is 23.1 Å². The fourth-order valence-corrected chi connectivity index (χ4v) is 5.69. The van der Waals surface area contributed by atoms with E-state index in [0.717, 1.165) is 26.7 Å². The number of halogens is 9. The highest BCUT2D eigenvalue weighted by Gasteiger charge is 2.37. The van der Waals surface area contributed by atoms with Crippen LogP contribution in [0.5, 0.6) is 0 Å². The van der Waals surface area contributed by atoms with Gasteiger partial charge >= 0.3 is 18.5 Å². The highest BCUT2D eigenvalue weighted by molar-refractivity contribution is 7.15. The van der Waals surface area contributed by atoms with Crippen molar-refractivity contribution >= 4 is 17.3 Å². The Hall–Kier alpha value is -4.54. The zero-order valence-electron chi connectivity index (χ0n) is 23.8. The summed E-state index contributed by atoms with van der Waals surface area (Å²) >= 11 is 1.32. The largest absolute Gasteiger partial charge is 0.416 e. The molecule has 5 aromatic rings. The van der Waals surface area contributed by atoms with Gasteiger partial charge in [-0.3, -0.25) is 4.98 Å². The van der Waals surface area contributed by atoms with Crippen molar-refractivity contribution in [2.24, 2.45) is 7.05 Å². The molecular weight excluding hydrogens is 649 g/mol. The van der Waals surface area contributed by atoms with E-state index < -0.39 is 53.9 Å². The quantitative estimate of drug-likeness (QED) is 0.155. The first-order chi connectivity index (χ1) is 21.5. The molecule has 3 heterocycles. The molecule has 0 aliphatic rings. The van der Waals surface area contributed by atoms with Crippen molar-refractivity contribution in [3.8, 4) is 21.8 Å². The zero-order valence-corrected chi connectivity index (χ0v) is 24.7. The van der Waals surface area contributed by atoms with Crippen LogP contribution in [0, 0.1) is 0 Å². The Morgan fingerprint density at radius 1 is 0.826 bits per heavy atom. The number of pyridine rings is 1. The topological polar surface area (TPSA) is 72.6 Å². The number of aryl methyl sites for hydroxylation is 2. The molecule has 17 heteroatoms. The first-order valence-electron chi connectivity index (χ1n) is 13.4. The summed E-state index contributed by atoms with van der Waals surface area (Å²) in [6, 6.07) is 7.55. The number of hydrogen-bond donors (Lipinski definition) is 0. The van der Waals surface area contributed by atoms with Crippen LogP contribution in [-0.4, -0.2) is 30.2 Å². The highest BCUT2D eigenvalue weighted by atomic mass is 32.1. The molecule has 0 spiro atoms. The smallest absolute Gasteiger partial charge is 0.330 e. The molecule has 0 radical (unpaired) electrons. The van der Waals surface area contributed by atoms with Gasteiger partial charge < -0.3 is 4.90 Å². The number of aromatic nitrogens is 6. The second kappa shape index (κ2) is 12.3. The molecular formula is C29H22F9N7S. The Balaban J connectivity index is 1.65. The van der Waals surface area contributed by atoms with Gasteiger partial charge in [-0.2, -0.15) is 44.3 Å². The normalized spacial score (nSPS) is 12.5. The SMILES string of the molecule is CCc1sc(-c2cccnc2)nc1-c1ccc(C(F)(F)F)cc1CN(Cc1cc(C(F)(F)F)cc(C(F)(F)F)c1)c1nnn(C)n1. The summed E-state index contributed by atoms with van der Waals surface area (Å²) in [5.74, 6) is -0.234. The molecule has 0 atom stereocenters. The van der Waals surface area contributed by atoms with E-state index >= 15 is 0 Å². The molecule has 0 aliphatic heterocycles. The Bertz CT molecular complexity index is 1800. The summed E-state index contributed by atoms with van der Waals surface area (Å²) in [6.45, 7) is 0.758. The first-order valence-corrected chi connectivity index (χ1v) is 14.2. The number of tetrazole rings is 1. The van der Waals surface area contributed by atoms with Gasteiger partial charge in [0, 0.05) is 41.5 Å². The molecule has 0 bridgehead atoms. The number of hydrogen-bond acceptors (Lipinski definition) is 7. The summed E-state index contributed by atoms with van der Waals surface area (Å²) < 4.78 is 123. The van der Waals surface area contributed by atoms with Crippen molar-refractivity contribution in [2.75, 3.05) is 4.90 Å². The van der Waals surface area contributed by atoms with Gasteiger partial charge in [0.15, 0.2) is 0 Å². The lowest BCUT2D eigenvalue weighted by atomic mass is 9.98. The van der Waals surface area contributed by atoms with Crippen LogP contribution in [0.2, 0.25) is 0 Å². The first kappa shape index (κ1) is 32.8. The fraction of sp³-hybridized carbons (Fsp3) is 0.276. The lowest BCUT2D eigenvalue weighted by molar-refractivity contribution is -0.143. The molecule has 2 aromatic carbocycles. The summed E-state index contributed by atoms with van der Waals surface area (Å²) in [7, 11) is 1.37. The average molecular weight is 672 g/mol. The van der Waals surface area contributed by atoms with Crippen molar-refractivity contribution in [3.63, 3.8) is 0 Å². The van der Waals surface area contributed by atoms with Gasteiger partial charge in [-0.15, -0.1) is 16.4 Å². The molecule has 0 unspecified atom stereocenters. The maximum Gasteiger partial charge on any atom is 0.416 e. The van der Waals surface area contributed by atoms with Crippen LogP contribution >= 0.6 is 11.3 Å². The number of benzene rings is 2. The van der Waals surface area contributed by atoms with Crippen molar-refractivity contribution < 1.29 is 39.5 Å². The van der Waals surface area contributed by atoms with E-state index in [0.29, 0.717) is 34.8 Å². The van der Waals surface area contributed by atoms with Gasteiger partial charge in [-0.05, 0) is 65.2 Å². The standard InChI is InChI=1S/C29H22F9N7S/c1-3-23-24(40-25(46-23)17-5-4-8-39-13-17)22-7-6-19(27(30,31)32)11-18(22)15-45(26-41-43-44(2)42-26)14-16-9-20(28(33,34)35)12-21(10-16)29(36,37)38/h4-13H,3,14-15H2,1-2H3. The number of nitrogens with zero attached hydrogens (tertiary/aromatic N) is 7. The molecule has 0 N–H and O–H groups in total. The number of anilines is 1. The molecule has 0 aliphatic carbocycles. The van der Waals surface area contributed by atoms with E-state index in [4.69, 9.17) is 4.98 Å². The monoisotopic (exact) mass is 671 g/mol. The molecule has 0 saturated heterocycles. The van der Waals surface area contributed by atoms with Gasteiger partial charge in [0.2, 0.25) is 0 Å². The molecule has 0 fully saturated rings. The minimum atomic E-state index is -5.10. The summed E-state index contributed by atoms with van der Waals surface area (Å²) in [5, 5.41) is 12.1. The van der Waals surface area contributed by atoms with Crippen molar-refractivity contribution in [2.45, 2.75) is 45.0 Å². The van der Waals surface area contributed by atoms with Crippen LogP contribution < -0.4 is 4.90 Å². The van der Waals surface area contributed by atoms with Crippen molar-refractivity contribution in [1.82, 2.24) is 30.2 Å². The van der Waals surface area contributed by atoms with Crippen LogP contribution in [-0.2, 0) is 45.1 Å². The third-order valence-electron chi connectivity index (χ3n) is 6.78. The minimum absolute atomic E-state index is 0.00627. The lowest BCUT2D eigenvalue weighted by Gasteiger charge is -2.24. The molecule has 3 aromatic heterocycles. The van der Waals surface area contributed by atoms with E-state index in [1.54, 1.807) is 24.5 Å². The van der Waals surface area contributed by atoms with Gasteiger partial charge in [0.05, 0.1) is 29.4 Å². The molecule has 0 saturated carbocycles. The Labute approximate surface area is 259 Å². The highest BCUT2D eigenvalue weighted by Crippen LogP contribution is 2.40. The molecule has 0 amide bonds. The maximum absolute atomic E-state index is 13.9. The third kappa shape index (κ3) is 7.29. The van der Waals surface area contributed by atoms with Crippen LogP contribution in [0.1, 0.15) is 39.6 Å². The van der Waals surface area contributed by atoms with Crippen LogP contribution in [0.15, 0.2) is 60.9 Å². The van der Waals surface area contributed by atoms with E-state index in [9.17, 15) is 39.5 Å². The lowest BCUT2D eigenvalue weighted by Crippen LogP contribution is -2.25. The predicted molar refractivity (Wildman–Crippen MR) is 150 cm³/mol. The van der Waals surface area contributed by atoms with Crippen molar-refractivity contribution in [3.05, 3.63) is 93.6 Å². The average Bonchev–Trinajstić information content (AvgIpc) is 3.62. The number of rotatable bonds is 8. The zero-order chi connectivity index (χ0) is 33.4. The number of alkyl halides is 9. The van der Waals surface area contributed by atoms with Gasteiger partial charge in [0.1, 0.15) is 5.01 Å². The molecule has 242 valence electrons. The summed E-state index contributed by atoms with van der Waals surface area (Å²) in [4.78, 5) is 11.7.